The lowest BCUT2D eigenvalue weighted by atomic mass is 10.1. The Morgan fingerprint density at radius 2 is 2.10 bits per heavy atom. The van der Waals surface area contributed by atoms with Gasteiger partial charge in [0.2, 0.25) is 0 Å². The molecule has 0 aliphatic carbocycles. The topological polar surface area (TPSA) is 91.6 Å². The van der Waals surface area contributed by atoms with Crippen LogP contribution in [0.5, 0.6) is 5.75 Å². The Bertz CT molecular complexity index is 560. The minimum atomic E-state index is -4.97. The molecular formula is C11H11F3N2O5. The fraction of sp³-hybridized carbons (Fsp3) is 0.455. The van der Waals surface area contributed by atoms with E-state index in [-0.39, 0.29) is 17.9 Å². The van der Waals surface area contributed by atoms with Crippen LogP contribution in [-0.2, 0) is 16.0 Å². The van der Waals surface area contributed by atoms with Crippen molar-refractivity contribution in [2.24, 2.45) is 0 Å². The molecule has 1 rings (SSSR count). The molecular weight excluding hydrogens is 297 g/mol. The maximum absolute atomic E-state index is 12.2. The van der Waals surface area contributed by atoms with Crippen LogP contribution in [0.3, 0.4) is 0 Å². The lowest BCUT2D eigenvalue weighted by molar-refractivity contribution is -0.390. The number of pyridine rings is 1. The van der Waals surface area contributed by atoms with Gasteiger partial charge >= 0.3 is 18.1 Å². The highest BCUT2D eigenvalue weighted by Gasteiger charge is 2.34. The molecule has 21 heavy (non-hydrogen) atoms. The van der Waals surface area contributed by atoms with E-state index in [0.29, 0.717) is 0 Å². The molecule has 0 radical (unpaired) electrons. The Balaban J connectivity index is 3.21. The van der Waals surface area contributed by atoms with Crippen LogP contribution < -0.4 is 4.74 Å². The molecule has 7 nitrogen and oxygen atoms in total. The van der Waals surface area contributed by atoms with Gasteiger partial charge in [0.1, 0.15) is 0 Å². The SMILES string of the molecule is CCOC(=O)Cc1cc(OC(F)(F)F)c(C)nc1[N+](=O)[O-]. The van der Waals surface area contributed by atoms with E-state index in [9.17, 15) is 28.1 Å². The summed E-state index contributed by atoms with van der Waals surface area (Å²) in [6.45, 7) is 2.69. The quantitative estimate of drug-likeness (QED) is 0.471. The normalized spacial score (nSPS) is 11.1. The number of rotatable bonds is 5. The van der Waals surface area contributed by atoms with Crippen molar-refractivity contribution in [1.82, 2.24) is 4.98 Å². The second-order valence-corrected chi connectivity index (χ2v) is 3.84. The van der Waals surface area contributed by atoms with Gasteiger partial charge in [0.05, 0.1) is 18.6 Å². The van der Waals surface area contributed by atoms with E-state index in [4.69, 9.17) is 0 Å². The summed E-state index contributed by atoms with van der Waals surface area (Å²) in [5, 5.41) is 10.8. The van der Waals surface area contributed by atoms with E-state index in [0.717, 1.165) is 13.0 Å². The van der Waals surface area contributed by atoms with Crippen LogP contribution in [0, 0.1) is 17.0 Å². The van der Waals surface area contributed by atoms with Gasteiger partial charge in [-0.2, -0.15) is 0 Å². The number of aryl methyl sites for hydroxylation is 1. The van der Waals surface area contributed by atoms with Gasteiger partial charge in [0.25, 0.3) is 0 Å². The average Bonchev–Trinajstić information content (AvgIpc) is 2.31. The number of nitrogens with zero attached hydrogens (tertiary/aromatic N) is 2. The fourth-order valence-corrected chi connectivity index (χ4v) is 1.50. The second kappa shape index (κ2) is 6.37. The molecule has 0 amide bonds. The van der Waals surface area contributed by atoms with Crippen LogP contribution in [0.1, 0.15) is 18.2 Å². The Hall–Kier alpha value is -2.39. The van der Waals surface area contributed by atoms with Gasteiger partial charge in [-0.05, 0) is 22.9 Å². The maximum Gasteiger partial charge on any atom is 0.573 e. The van der Waals surface area contributed by atoms with Gasteiger partial charge in [0, 0.05) is 6.92 Å². The zero-order valence-electron chi connectivity index (χ0n) is 11.1. The summed E-state index contributed by atoms with van der Waals surface area (Å²) in [4.78, 5) is 24.7. The molecule has 0 aliphatic heterocycles. The Morgan fingerprint density at radius 1 is 1.48 bits per heavy atom. The standard InChI is InChI=1S/C11H11F3N2O5/c1-3-20-9(17)5-7-4-8(21-11(12,13)14)6(2)15-10(7)16(18)19/h4H,3,5H2,1-2H3. The molecule has 0 spiro atoms. The van der Waals surface area contributed by atoms with Crippen LogP contribution in [0.25, 0.3) is 0 Å². The Kier molecular flexibility index (Phi) is 5.06. The number of halogens is 3. The van der Waals surface area contributed by atoms with E-state index < -0.39 is 35.2 Å². The van der Waals surface area contributed by atoms with Crippen LogP contribution in [0.2, 0.25) is 0 Å². The third kappa shape index (κ3) is 4.89. The van der Waals surface area contributed by atoms with Crippen molar-refractivity contribution >= 4 is 11.8 Å². The predicted octanol–water partition coefficient (Wildman–Crippen LogP) is 2.30. The molecule has 1 aromatic heterocycles. The summed E-state index contributed by atoms with van der Waals surface area (Å²) in [7, 11) is 0. The number of alkyl halides is 3. The number of hydrogen-bond donors (Lipinski definition) is 0. The number of hydrogen-bond acceptors (Lipinski definition) is 6. The number of esters is 1. The van der Waals surface area contributed by atoms with Crippen molar-refractivity contribution in [2.45, 2.75) is 26.6 Å². The summed E-state index contributed by atoms with van der Waals surface area (Å²) in [5.41, 5.74) is -0.630. The van der Waals surface area contributed by atoms with Crippen molar-refractivity contribution in [2.75, 3.05) is 6.61 Å². The van der Waals surface area contributed by atoms with Crippen molar-refractivity contribution < 1.29 is 32.4 Å². The third-order valence-corrected chi connectivity index (χ3v) is 2.26. The largest absolute Gasteiger partial charge is 0.573 e. The minimum absolute atomic E-state index is 0.0395. The first-order chi connectivity index (χ1) is 9.64. The van der Waals surface area contributed by atoms with Gasteiger partial charge < -0.3 is 19.6 Å². The number of carbonyl (C=O) groups is 1. The molecule has 0 saturated heterocycles. The van der Waals surface area contributed by atoms with Crippen molar-refractivity contribution in [1.29, 1.82) is 0 Å². The fourth-order valence-electron chi connectivity index (χ4n) is 1.50. The smallest absolute Gasteiger partial charge is 0.466 e. The Morgan fingerprint density at radius 3 is 2.57 bits per heavy atom. The van der Waals surface area contributed by atoms with Crippen LogP contribution >= 0.6 is 0 Å². The van der Waals surface area contributed by atoms with Gasteiger partial charge in [-0.15, -0.1) is 13.2 Å². The highest BCUT2D eigenvalue weighted by molar-refractivity contribution is 5.74. The van der Waals surface area contributed by atoms with Gasteiger partial charge in [-0.25, -0.2) is 0 Å². The number of aromatic nitrogens is 1. The molecule has 0 aliphatic rings. The molecule has 0 atom stereocenters. The van der Waals surface area contributed by atoms with E-state index in [1.807, 2.05) is 0 Å². The molecule has 1 heterocycles. The summed E-state index contributed by atoms with van der Waals surface area (Å²) in [6, 6.07) is 0.769. The van der Waals surface area contributed by atoms with Gasteiger partial charge in [-0.3, -0.25) is 4.79 Å². The number of carbonyl (C=O) groups excluding carboxylic acids is 1. The van der Waals surface area contributed by atoms with Crippen LogP contribution in [-0.4, -0.2) is 28.8 Å². The van der Waals surface area contributed by atoms with E-state index in [1.54, 1.807) is 0 Å². The van der Waals surface area contributed by atoms with Crippen LogP contribution in [0.4, 0.5) is 19.0 Å². The van der Waals surface area contributed by atoms with E-state index >= 15 is 0 Å². The highest BCUT2D eigenvalue weighted by atomic mass is 19.4. The summed E-state index contributed by atoms with van der Waals surface area (Å²) in [5.74, 6) is -2.23. The zero-order valence-corrected chi connectivity index (χ0v) is 11.1. The average molecular weight is 308 g/mol. The molecule has 0 unspecified atom stereocenters. The molecule has 116 valence electrons. The summed E-state index contributed by atoms with van der Waals surface area (Å²) < 4.78 is 45.0. The van der Waals surface area contributed by atoms with Crippen molar-refractivity contribution in [3.8, 4) is 5.75 Å². The molecule has 0 aromatic carbocycles. The van der Waals surface area contributed by atoms with E-state index in [2.05, 4.69) is 14.5 Å². The molecule has 0 N–H and O–H groups in total. The molecule has 1 aromatic rings. The number of nitro groups is 1. The zero-order chi connectivity index (χ0) is 16.2. The number of ether oxygens (including phenoxy) is 2. The Labute approximate surface area is 116 Å². The first-order valence-electron chi connectivity index (χ1n) is 5.70. The van der Waals surface area contributed by atoms with Crippen LogP contribution in [0.15, 0.2) is 6.07 Å². The monoisotopic (exact) mass is 308 g/mol. The highest BCUT2D eigenvalue weighted by Crippen LogP contribution is 2.30. The second-order valence-electron chi connectivity index (χ2n) is 3.84. The predicted molar refractivity (Wildman–Crippen MR) is 62.6 cm³/mol. The first kappa shape index (κ1) is 16.7. The molecule has 0 saturated carbocycles. The summed E-state index contributed by atoms with van der Waals surface area (Å²) in [6.07, 6.45) is -5.55. The molecule has 10 heteroatoms. The van der Waals surface area contributed by atoms with Crippen molar-refractivity contribution in [3.63, 3.8) is 0 Å². The molecule has 0 fully saturated rings. The lowest BCUT2D eigenvalue weighted by Crippen LogP contribution is -2.19. The van der Waals surface area contributed by atoms with E-state index in [1.165, 1.54) is 6.92 Å². The molecule has 0 bridgehead atoms. The maximum atomic E-state index is 12.2. The van der Waals surface area contributed by atoms with Gasteiger partial charge in [0.15, 0.2) is 11.4 Å². The minimum Gasteiger partial charge on any atom is -0.466 e. The lowest BCUT2D eigenvalue weighted by Gasteiger charge is -2.11. The summed E-state index contributed by atoms with van der Waals surface area (Å²) >= 11 is 0. The van der Waals surface area contributed by atoms with Gasteiger partial charge in [-0.1, -0.05) is 0 Å². The first-order valence-corrected chi connectivity index (χ1v) is 5.70. The third-order valence-electron chi connectivity index (χ3n) is 2.26. The van der Waals surface area contributed by atoms with Crippen molar-refractivity contribution in [3.05, 3.63) is 27.4 Å².